The van der Waals surface area contributed by atoms with E-state index < -0.39 is 0 Å². The molecule has 3 heterocycles. The zero-order chi connectivity index (χ0) is 14.9. The molecule has 3 aromatic rings. The smallest absolute Gasteiger partial charge is 0.127 e. The molecular weight excluding hydrogens is 292 g/mol. The largest absolute Gasteiger partial charge is 0.383 e. The van der Waals surface area contributed by atoms with E-state index in [0.717, 1.165) is 24.2 Å². The predicted molar refractivity (Wildman–Crippen MR) is 90.7 cm³/mol. The number of para-hydroxylation sites is 1. The van der Waals surface area contributed by atoms with Crippen LogP contribution >= 0.6 is 11.3 Å². The fraction of sp³-hybridized carbons (Fsp3) is 0.294. The van der Waals surface area contributed by atoms with Crippen molar-refractivity contribution >= 4 is 27.4 Å². The number of hydrogen-bond donors (Lipinski definition) is 1. The van der Waals surface area contributed by atoms with Gasteiger partial charge in [0.1, 0.15) is 10.8 Å². The van der Waals surface area contributed by atoms with E-state index >= 15 is 0 Å². The maximum absolute atomic E-state index is 5.99. The molecule has 1 saturated heterocycles. The van der Waals surface area contributed by atoms with E-state index in [9.17, 15) is 0 Å². The van der Waals surface area contributed by atoms with Gasteiger partial charge in [-0.25, -0.2) is 9.97 Å². The van der Waals surface area contributed by atoms with Gasteiger partial charge >= 0.3 is 0 Å². The van der Waals surface area contributed by atoms with Crippen LogP contribution in [0, 0.1) is 0 Å². The monoisotopic (exact) mass is 310 g/mol. The van der Waals surface area contributed by atoms with Crippen LogP contribution < -0.4 is 5.73 Å². The summed E-state index contributed by atoms with van der Waals surface area (Å²) in [6, 6.07) is 12.8. The summed E-state index contributed by atoms with van der Waals surface area (Å²) in [5.41, 5.74) is 8.21. The average molecular weight is 310 g/mol. The van der Waals surface area contributed by atoms with Crippen LogP contribution in [0.2, 0.25) is 0 Å². The Labute approximate surface area is 133 Å². The third-order valence-electron chi connectivity index (χ3n) is 4.26. The van der Waals surface area contributed by atoms with Crippen molar-refractivity contribution in [2.24, 2.45) is 0 Å². The molecular formula is C17H18N4S. The van der Waals surface area contributed by atoms with Gasteiger partial charge in [-0.05, 0) is 37.6 Å². The Hall–Kier alpha value is -1.98. The highest BCUT2D eigenvalue weighted by Crippen LogP contribution is 2.37. The van der Waals surface area contributed by atoms with Gasteiger partial charge in [0.2, 0.25) is 0 Å². The lowest BCUT2D eigenvalue weighted by molar-refractivity contribution is 0.248. The number of thiazole rings is 1. The first-order valence-electron chi connectivity index (χ1n) is 7.60. The van der Waals surface area contributed by atoms with E-state index in [0.29, 0.717) is 11.9 Å². The lowest BCUT2D eigenvalue weighted by Crippen LogP contribution is -2.23. The van der Waals surface area contributed by atoms with E-state index in [2.05, 4.69) is 40.2 Å². The Bertz CT molecular complexity index is 765. The maximum atomic E-state index is 5.99. The summed E-state index contributed by atoms with van der Waals surface area (Å²) in [5, 5.41) is 1.22. The summed E-state index contributed by atoms with van der Waals surface area (Å²) in [4.78, 5) is 11.5. The van der Waals surface area contributed by atoms with Crippen LogP contribution in [0.5, 0.6) is 0 Å². The summed E-state index contributed by atoms with van der Waals surface area (Å²) in [6.45, 7) is 1.94. The highest BCUT2D eigenvalue weighted by molar-refractivity contribution is 7.18. The van der Waals surface area contributed by atoms with E-state index in [1.807, 2.05) is 17.4 Å². The minimum absolute atomic E-state index is 0.400. The van der Waals surface area contributed by atoms with Crippen LogP contribution in [0.1, 0.15) is 29.5 Å². The number of rotatable bonds is 3. The number of nitrogens with zero attached hydrogens (tertiary/aromatic N) is 3. The van der Waals surface area contributed by atoms with E-state index in [1.165, 1.54) is 22.5 Å². The minimum Gasteiger partial charge on any atom is -0.383 e. The van der Waals surface area contributed by atoms with Crippen molar-refractivity contribution in [2.75, 3.05) is 12.3 Å². The molecule has 112 valence electrons. The maximum Gasteiger partial charge on any atom is 0.127 e. The molecule has 4 rings (SSSR count). The molecule has 0 aliphatic carbocycles. The molecule has 4 nitrogen and oxygen atoms in total. The molecule has 1 aromatic carbocycles. The van der Waals surface area contributed by atoms with Crippen molar-refractivity contribution in [2.45, 2.75) is 25.4 Å². The van der Waals surface area contributed by atoms with Gasteiger partial charge in [0.15, 0.2) is 0 Å². The molecule has 1 aliphatic rings. The Kier molecular flexibility index (Phi) is 3.52. The van der Waals surface area contributed by atoms with Crippen LogP contribution in [0.25, 0.3) is 10.2 Å². The number of benzene rings is 1. The van der Waals surface area contributed by atoms with Gasteiger partial charge in [-0.3, -0.25) is 4.90 Å². The van der Waals surface area contributed by atoms with Crippen molar-refractivity contribution in [3.63, 3.8) is 0 Å². The summed E-state index contributed by atoms with van der Waals surface area (Å²) < 4.78 is 1.27. The van der Waals surface area contributed by atoms with E-state index in [-0.39, 0.29) is 0 Å². The zero-order valence-corrected chi connectivity index (χ0v) is 13.1. The first-order valence-corrected chi connectivity index (χ1v) is 8.42. The van der Waals surface area contributed by atoms with Gasteiger partial charge in [0, 0.05) is 18.3 Å². The molecule has 1 atom stereocenters. The number of nitrogen functional groups attached to an aromatic ring is 1. The van der Waals surface area contributed by atoms with Crippen molar-refractivity contribution in [1.29, 1.82) is 0 Å². The molecule has 22 heavy (non-hydrogen) atoms. The molecule has 0 saturated carbocycles. The first-order chi connectivity index (χ1) is 10.8. The molecule has 0 spiro atoms. The number of pyridine rings is 1. The second kappa shape index (κ2) is 5.66. The van der Waals surface area contributed by atoms with Gasteiger partial charge in [0.25, 0.3) is 0 Å². The summed E-state index contributed by atoms with van der Waals surface area (Å²) >= 11 is 1.81. The molecule has 5 heteroatoms. The predicted octanol–water partition coefficient (Wildman–Crippen LogP) is 3.61. The Morgan fingerprint density at radius 1 is 1.23 bits per heavy atom. The number of fused-ring (bicyclic) bond motifs is 1. The van der Waals surface area contributed by atoms with E-state index in [4.69, 9.17) is 10.7 Å². The van der Waals surface area contributed by atoms with Crippen LogP contribution in [-0.2, 0) is 6.54 Å². The SMILES string of the molecule is Nc1ncccc1CN1CCC[C@@H]1c1nc2ccccc2s1. The molecule has 1 fully saturated rings. The lowest BCUT2D eigenvalue weighted by Gasteiger charge is -2.23. The number of hydrogen-bond acceptors (Lipinski definition) is 5. The molecule has 0 unspecified atom stereocenters. The molecule has 0 amide bonds. The molecule has 0 bridgehead atoms. The topological polar surface area (TPSA) is 55.0 Å². The summed E-state index contributed by atoms with van der Waals surface area (Å²) in [5.74, 6) is 0.637. The Morgan fingerprint density at radius 3 is 3.00 bits per heavy atom. The number of aromatic nitrogens is 2. The Morgan fingerprint density at radius 2 is 2.14 bits per heavy atom. The van der Waals surface area contributed by atoms with Crippen molar-refractivity contribution in [3.8, 4) is 0 Å². The number of nitrogens with two attached hydrogens (primary N) is 1. The van der Waals surface area contributed by atoms with E-state index in [1.54, 1.807) is 6.20 Å². The van der Waals surface area contributed by atoms with Crippen molar-refractivity contribution in [1.82, 2.24) is 14.9 Å². The second-order valence-electron chi connectivity index (χ2n) is 5.70. The van der Waals surface area contributed by atoms with Gasteiger partial charge in [-0.1, -0.05) is 18.2 Å². The van der Waals surface area contributed by atoms with Gasteiger partial charge in [0.05, 0.1) is 16.3 Å². The fourth-order valence-electron chi connectivity index (χ4n) is 3.13. The third-order valence-corrected chi connectivity index (χ3v) is 5.40. The van der Waals surface area contributed by atoms with Gasteiger partial charge in [-0.15, -0.1) is 11.3 Å². The van der Waals surface area contributed by atoms with Gasteiger partial charge in [-0.2, -0.15) is 0 Å². The normalized spacial score (nSPS) is 19.0. The van der Waals surface area contributed by atoms with Gasteiger partial charge < -0.3 is 5.73 Å². The van der Waals surface area contributed by atoms with Crippen LogP contribution in [0.3, 0.4) is 0 Å². The van der Waals surface area contributed by atoms with Crippen LogP contribution in [0.15, 0.2) is 42.6 Å². The molecule has 2 N–H and O–H groups in total. The first kappa shape index (κ1) is 13.7. The van der Waals surface area contributed by atoms with Crippen LogP contribution in [0.4, 0.5) is 5.82 Å². The van der Waals surface area contributed by atoms with Crippen molar-refractivity contribution < 1.29 is 0 Å². The number of anilines is 1. The molecule has 1 aliphatic heterocycles. The standard InChI is InChI=1S/C17H18N4S/c18-16-12(5-3-9-19-16)11-21-10-4-7-14(21)17-20-13-6-1-2-8-15(13)22-17/h1-3,5-6,8-9,14H,4,7,10-11H2,(H2,18,19)/t14-/m1/s1. The number of likely N-dealkylation sites (tertiary alicyclic amines) is 1. The second-order valence-corrected chi connectivity index (χ2v) is 6.76. The third kappa shape index (κ3) is 2.46. The lowest BCUT2D eigenvalue weighted by atomic mass is 10.2. The minimum atomic E-state index is 0.400. The summed E-state index contributed by atoms with van der Waals surface area (Å²) in [6.07, 6.45) is 4.12. The Balaban J connectivity index is 1.62. The molecule has 0 radical (unpaired) electrons. The summed E-state index contributed by atoms with van der Waals surface area (Å²) in [7, 11) is 0. The highest BCUT2D eigenvalue weighted by Gasteiger charge is 2.29. The fourth-order valence-corrected chi connectivity index (χ4v) is 4.27. The quantitative estimate of drug-likeness (QED) is 0.803. The highest BCUT2D eigenvalue weighted by atomic mass is 32.1. The van der Waals surface area contributed by atoms with Crippen LogP contribution in [-0.4, -0.2) is 21.4 Å². The molecule has 2 aromatic heterocycles. The van der Waals surface area contributed by atoms with Crippen molar-refractivity contribution in [3.05, 3.63) is 53.2 Å². The zero-order valence-electron chi connectivity index (χ0n) is 12.3. The average Bonchev–Trinajstić information content (AvgIpc) is 3.15.